The van der Waals surface area contributed by atoms with Crippen LogP contribution < -0.4 is 16.0 Å². The summed E-state index contributed by atoms with van der Waals surface area (Å²) in [6.45, 7) is 5.10. The van der Waals surface area contributed by atoms with Crippen LogP contribution in [-0.4, -0.2) is 97.8 Å². The van der Waals surface area contributed by atoms with Gasteiger partial charge in [0.1, 0.15) is 6.17 Å². The number of hydrogen-bond donors (Lipinski definition) is 3. The molecule has 2 unspecified atom stereocenters. The maximum Gasteiger partial charge on any atom is 0.252 e. The molecular formula is C34H39ClFN5O4. The molecule has 9 nitrogen and oxygen atoms in total. The quantitative estimate of drug-likeness (QED) is 0.386. The molecule has 6 rings (SSSR count). The lowest BCUT2D eigenvalue weighted by atomic mass is 10.1. The first-order valence-electron chi connectivity index (χ1n) is 15.8. The second kappa shape index (κ2) is 14.3. The number of halogens is 2. The average molecular weight is 636 g/mol. The maximum absolute atomic E-state index is 13.6. The number of amides is 3. The number of carbonyl (C=O) groups is 3. The smallest absolute Gasteiger partial charge is 0.252 e. The normalized spacial score (nSPS) is 25.0. The average Bonchev–Trinajstić information content (AvgIpc) is 3.68. The van der Waals surface area contributed by atoms with Crippen molar-refractivity contribution in [2.24, 2.45) is 5.92 Å². The number of nitrogens with zero attached hydrogens (tertiary/aromatic N) is 2. The molecule has 45 heavy (non-hydrogen) atoms. The van der Waals surface area contributed by atoms with E-state index in [9.17, 15) is 18.8 Å². The van der Waals surface area contributed by atoms with Gasteiger partial charge in [0.25, 0.3) is 5.91 Å². The van der Waals surface area contributed by atoms with Crippen molar-refractivity contribution >= 4 is 29.3 Å². The van der Waals surface area contributed by atoms with Crippen molar-refractivity contribution in [3.05, 3.63) is 69.7 Å². The fourth-order valence-corrected chi connectivity index (χ4v) is 6.45. The Balaban J connectivity index is 1.03. The molecular weight excluding hydrogens is 597 g/mol. The van der Waals surface area contributed by atoms with E-state index in [1.807, 2.05) is 12.1 Å². The predicted molar refractivity (Wildman–Crippen MR) is 168 cm³/mol. The largest absolute Gasteiger partial charge is 0.379 e. The van der Waals surface area contributed by atoms with Gasteiger partial charge in [0, 0.05) is 68.8 Å². The van der Waals surface area contributed by atoms with Crippen LogP contribution in [0.4, 0.5) is 4.39 Å². The number of carbonyl (C=O) groups excluding carboxylic acids is 3. The molecule has 4 fully saturated rings. The summed E-state index contributed by atoms with van der Waals surface area (Å²) >= 11 is 6.51. The highest BCUT2D eigenvalue weighted by atomic mass is 35.5. The second-order valence-corrected chi connectivity index (χ2v) is 12.8. The Hall–Kier alpha value is -3.49. The van der Waals surface area contributed by atoms with Gasteiger partial charge in [-0.1, -0.05) is 35.6 Å². The summed E-state index contributed by atoms with van der Waals surface area (Å²) in [6.07, 6.45) is 1.35. The lowest BCUT2D eigenvalue weighted by Crippen LogP contribution is -2.46. The summed E-state index contributed by atoms with van der Waals surface area (Å²) in [4.78, 5) is 42.9. The molecule has 11 heteroatoms. The highest BCUT2D eigenvalue weighted by Gasteiger charge is 2.42. The topological polar surface area (TPSA) is 103 Å². The molecule has 4 atom stereocenters. The first-order valence-corrected chi connectivity index (χ1v) is 16.2. The number of likely N-dealkylation sites (tertiary alicyclic amines) is 1. The van der Waals surface area contributed by atoms with Crippen LogP contribution in [0.3, 0.4) is 0 Å². The third-order valence-corrected chi connectivity index (χ3v) is 9.20. The minimum Gasteiger partial charge on any atom is -0.379 e. The minimum absolute atomic E-state index is 0.0116. The summed E-state index contributed by atoms with van der Waals surface area (Å²) in [5.41, 5.74) is 3.14. The van der Waals surface area contributed by atoms with E-state index in [0.29, 0.717) is 24.1 Å². The minimum atomic E-state index is -1.03. The van der Waals surface area contributed by atoms with Crippen molar-refractivity contribution in [1.29, 1.82) is 0 Å². The van der Waals surface area contributed by atoms with E-state index >= 15 is 0 Å². The van der Waals surface area contributed by atoms with E-state index < -0.39 is 12.2 Å². The zero-order valence-corrected chi connectivity index (χ0v) is 26.0. The van der Waals surface area contributed by atoms with Crippen LogP contribution >= 0.6 is 11.6 Å². The number of nitrogens with one attached hydrogen (secondary N) is 3. The van der Waals surface area contributed by atoms with Gasteiger partial charge >= 0.3 is 0 Å². The molecule has 238 valence electrons. The number of rotatable bonds is 8. The first kappa shape index (κ1) is 31.5. The standard InChI is InChI=1S/C34H39ClFN5O4/c35-30-15-23(4-1-22-2-5-24(6-3-22)20-40-11-13-45-14-12-40)7-10-29(30)32(42)38-19-28-17-27(21-41(28)34(44)25-8-9-25)39-33(43)31-16-26(36)18-37-31/h2-3,5-7,10,15,25-28,31,37H,8-9,11-14,16-21H2,(H,38,42)(H,39,43)/t26?,27-,28-,31?/m1/s1. The molecule has 3 N–H and O–H groups in total. The molecule has 2 aromatic carbocycles. The van der Waals surface area contributed by atoms with E-state index in [1.165, 1.54) is 5.56 Å². The maximum atomic E-state index is 13.6. The summed E-state index contributed by atoms with van der Waals surface area (Å²) in [5.74, 6) is 5.77. The van der Waals surface area contributed by atoms with Gasteiger partial charge in [-0.25, -0.2) is 4.39 Å². The van der Waals surface area contributed by atoms with Gasteiger partial charge in [-0.2, -0.15) is 0 Å². The highest BCUT2D eigenvalue weighted by Crippen LogP contribution is 2.34. The molecule has 0 spiro atoms. The SMILES string of the molecule is O=C(NC[C@H]1C[C@@H](NC(=O)C2CC(F)CN2)CN1C(=O)C1CC1)c1ccc(C#Cc2ccc(CN3CCOCC3)cc2)cc1Cl. The van der Waals surface area contributed by atoms with Gasteiger partial charge in [-0.05, 0) is 55.2 Å². The second-order valence-electron chi connectivity index (χ2n) is 12.4. The Morgan fingerprint density at radius 1 is 1.02 bits per heavy atom. The van der Waals surface area contributed by atoms with Crippen LogP contribution in [0.15, 0.2) is 42.5 Å². The molecule has 0 aromatic heterocycles. The van der Waals surface area contributed by atoms with Gasteiger partial charge in [-0.3, -0.25) is 19.3 Å². The fraction of sp³-hybridized carbons (Fsp3) is 0.500. The Morgan fingerprint density at radius 2 is 1.76 bits per heavy atom. The molecule has 2 aromatic rings. The summed E-state index contributed by atoms with van der Waals surface area (Å²) in [6, 6.07) is 12.2. The van der Waals surface area contributed by atoms with Crippen LogP contribution in [0.5, 0.6) is 0 Å². The number of alkyl halides is 1. The molecule has 0 bridgehead atoms. The van der Waals surface area contributed by atoms with Crippen molar-refractivity contribution in [3.63, 3.8) is 0 Å². The Kier molecular flexibility index (Phi) is 10.0. The molecule has 3 heterocycles. The molecule has 1 aliphatic carbocycles. The van der Waals surface area contributed by atoms with Crippen LogP contribution in [0.1, 0.15) is 52.7 Å². The van der Waals surface area contributed by atoms with Crippen molar-refractivity contribution < 1.29 is 23.5 Å². The van der Waals surface area contributed by atoms with Crippen LogP contribution in [0.2, 0.25) is 5.02 Å². The van der Waals surface area contributed by atoms with Crippen molar-refractivity contribution in [1.82, 2.24) is 25.8 Å². The van der Waals surface area contributed by atoms with Crippen LogP contribution in [-0.2, 0) is 20.9 Å². The Labute approximate surface area is 268 Å². The molecule has 1 saturated carbocycles. The van der Waals surface area contributed by atoms with Crippen LogP contribution in [0, 0.1) is 17.8 Å². The van der Waals surface area contributed by atoms with Gasteiger partial charge in [0.05, 0.1) is 35.9 Å². The lowest BCUT2D eigenvalue weighted by molar-refractivity contribution is -0.133. The zero-order chi connectivity index (χ0) is 31.3. The fourth-order valence-electron chi connectivity index (χ4n) is 6.18. The van der Waals surface area contributed by atoms with Gasteiger partial charge in [-0.15, -0.1) is 0 Å². The number of benzene rings is 2. The van der Waals surface area contributed by atoms with Gasteiger partial charge < -0.3 is 25.6 Å². The van der Waals surface area contributed by atoms with Crippen LogP contribution in [0.25, 0.3) is 0 Å². The summed E-state index contributed by atoms with van der Waals surface area (Å²) < 4.78 is 19.0. The van der Waals surface area contributed by atoms with Gasteiger partial charge in [0.2, 0.25) is 11.8 Å². The highest BCUT2D eigenvalue weighted by molar-refractivity contribution is 6.34. The molecule has 0 radical (unpaired) electrons. The number of hydrogen-bond acceptors (Lipinski definition) is 6. The zero-order valence-electron chi connectivity index (χ0n) is 25.2. The molecule has 3 amide bonds. The van der Waals surface area contributed by atoms with E-state index in [1.54, 1.807) is 23.1 Å². The monoisotopic (exact) mass is 635 g/mol. The molecule has 3 saturated heterocycles. The van der Waals surface area contributed by atoms with Gasteiger partial charge in [0.15, 0.2) is 0 Å². The predicted octanol–water partition coefficient (Wildman–Crippen LogP) is 2.50. The summed E-state index contributed by atoms with van der Waals surface area (Å²) in [7, 11) is 0. The first-order chi connectivity index (χ1) is 21.8. The Morgan fingerprint density at radius 3 is 2.44 bits per heavy atom. The lowest BCUT2D eigenvalue weighted by Gasteiger charge is -2.26. The molecule has 4 aliphatic rings. The van der Waals surface area contributed by atoms with E-state index in [2.05, 4.69) is 44.8 Å². The van der Waals surface area contributed by atoms with E-state index in [-0.39, 0.29) is 60.3 Å². The van der Waals surface area contributed by atoms with E-state index in [4.69, 9.17) is 16.3 Å². The van der Waals surface area contributed by atoms with E-state index in [0.717, 1.165) is 51.3 Å². The third-order valence-electron chi connectivity index (χ3n) is 8.89. The van der Waals surface area contributed by atoms with Crippen molar-refractivity contribution in [3.8, 4) is 11.8 Å². The van der Waals surface area contributed by atoms with Crippen molar-refractivity contribution in [2.45, 2.75) is 56.5 Å². The Bertz CT molecular complexity index is 1470. The number of ether oxygens (including phenoxy) is 1. The number of morpholine rings is 1. The van der Waals surface area contributed by atoms with Crippen molar-refractivity contribution in [2.75, 3.05) is 45.9 Å². The summed E-state index contributed by atoms with van der Waals surface area (Å²) in [5, 5.41) is 9.10. The molecule has 3 aliphatic heterocycles. The third kappa shape index (κ3) is 8.22.